The first-order valence-corrected chi connectivity index (χ1v) is 28.4. The van der Waals surface area contributed by atoms with E-state index in [1.807, 2.05) is 24.4 Å². The number of unbranched alkanes of at least 4 members (excludes halogenated alkanes) is 4. The van der Waals surface area contributed by atoms with Gasteiger partial charge in [-0.15, -0.1) is 11.5 Å². The summed E-state index contributed by atoms with van der Waals surface area (Å²) in [6.07, 6.45) is 15.4. The number of terminal acetylenes is 1. The number of halogens is 4. The number of carbonyl (C=O) groups is 4. The topological polar surface area (TPSA) is 341 Å². The predicted octanol–water partition coefficient (Wildman–Crippen LogP) is 4.00. The van der Waals surface area contributed by atoms with Crippen molar-refractivity contribution in [2.24, 2.45) is 22.3 Å². The molecular weight excluding hydrogens is 1240 g/mol. The molecule has 0 saturated heterocycles. The van der Waals surface area contributed by atoms with Crippen LogP contribution in [0.15, 0.2) is 47.8 Å². The summed E-state index contributed by atoms with van der Waals surface area (Å²) in [4.78, 5) is 47.4. The van der Waals surface area contributed by atoms with Crippen LogP contribution in [-0.4, -0.2) is 134 Å². The first-order chi connectivity index (χ1) is 33.6. The van der Waals surface area contributed by atoms with Crippen molar-refractivity contribution >= 4 is 65.5 Å². The summed E-state index contributed by atoms with van der Waals surface area (Å²) in [7, 11) is 3.29. The predicted molar refractivity (Wildman–Crippen MR) is 279 cm³/mol. The molecule has 1 aromatic carbocycles. The van der Waals surface area contributed by atoms with Crippen LogP contribution < -0.4 is 27.8 Å². The van der Waals surface area contributed by atoms with E-state index < -0.39 is 60.1 Å². The summed E-state index contributed by atoms with van der Waals surface area (Å²) in [6, 6.07) is 8.22. The van der Waals surface area contributed by atoms with Crippen LogP contribution in [0, 0.1) is 15.9 Å². The maximum Gasteiger partial charge on any atom is 0 e. The number of nitrogens with two attached hydrogens (primary N) is 3. The molecule has 29 heteroatoms. The van der Waals surface area contributed by atoms with Crippen LogP contribution in [0.2, 0.25) is 0 Å². The zero-order valence-electron chi connectivity index (χ0n) is 40.4. The Balaban J connectivity index is 0. The van der Waals surface area contributed by atoms with E-state index in [1.165, 1.54) is 10.2 Å². The molecule has 2 amide bonds. The van der Waals surface area contributed by atoms with Gasteiger partial charge in [0, 0.05) is 62.8 Å². The minimum atomic E-state index is -4.94. The van der Waals surface area contributed by atoms with Crippen LogP contribution in [0.4, 0.5) is 5.72 Å². The van der Waals surface area contributed by atoms with Gasteiger partial charge in [-0.2, -0.15) is 0 Å². The number of benzene rings is 1. The first-order valence-electron chi connectivity index (χ1n) is 22.1. The number of aromatic nitrogens is 6. The molecule has 397 valence electrons. The second-order valence-corrected chi connectivity index (χ2v) is 20.4. The molecule has 0 aliphatic rings. The largest absolute Gasteiger partial charge is 0 e. The van der Waals surface area contributed by atoms with Gasteiger partial charge in [0.25, 0.3) is 0 Å². The molecule has 0 aliphatic heterocycles. The SMILES string of the molecule is C#CCNC(=O)CCCCCOCCOC.COCCOCCCCCC(=O)NCc1cn(CCC(N)C(=O)[IH]F)nn1.NCc1cn(Cc2ccccc2)nn1.[B]I(=N)(F)C(=O)C(N)CCN=[N+]=[N-].[Nb]. The van der Waals surface area contributed by atoms with E-state index in [0.29, 0.717) is 84.2 Å². The molecule has 3 rings (SSSR count). The molecule has 23 nitrogen and oxygen atoms in total. The van der Waals surface area contributed by atoms with Gasteiger partial charge in [0.05, 0.1) is 51.4 Å². The van der Waals surface area contributed by atoms with Gasteiger partial charge in [0.2, 0.25) is 5.91 Å². The Hall–Kier alpha value is -3.70. The van der Waals surface area contributed by atoms with E-state index in [4.69, 9.17) is 57.4 Å². The third kappa shape index (κ3) is 39.5. The average molecular weight is 1310 g/mol. The van der Waals surface area contributed by atoms with Crippen molar-refractivity contribution < 1.29 is 66.2 Å². The van der Waals surface area contributed by atoms with Crippen LogP contribution >= 0.6 is 40.4 Å². The monoisotopic (exact) mass is 1310 g/mol. The molecule has 3 unspecified atom stereocenters. The fourth-order valence-electron chi connectivity index (χ4n) is 5.15. The Labute approximate surface area is 446 Å². The number of carbonyl (C=O) groups excluding carboxylic acids is 4. The van der Waals surface area contributed by atoms with E-state index in [2.05, 4.69) is 59.3 Å². The quantitative estimate of drug-likeness (QED) is 0.00719. The van der Waals surface area contributed by atoms with Crippen molar-refractivity contribution in [2.75, 3.05) is 67.0 Å². The van der Waals surface area contributed by atoms with Crippen LogP contribution in [0.5, 0.6) is 0 Å². The van der Waals surface area contributed by atoms with Crippen molar-refractivity contribution in [3.05, 3.63) is 70.1 Å². The number of aryl methyl sites for hydroxylation is 1. The Morgan fingerprint density at radius 3 is 1.97 bits per heavy atom. The molecule has 0 spiro atoms. The number of nitrogens with zero attached hydrogens (tertiary/aromatic N) is 9. The van der Waals surface area contributed by atoms with E-state index in [9.17, 15) is 24.9 Å². The first kappa shape index (κ1) is 69.4. The van der Waals surface area contributed by atoms with Crippen molar-refractivity contribution in [3.8, 4) is 12.3 Å². The van der Waals surface area contributed by atoms with Gasteiger partial charge in [-0.1, -0.05) is 54.3 Å². The van der Waals surface area contributed by atoms with Gasteiger partial charge in [-0.25, -0.2) is 4.68 Å². The molecule has 2 heterocycles. The van der Waals surface area contributed by atoms with Crippen molar-refractivity contribution in [1.82, 2.24) is 40.6 Å². The molecule has 9 N–H and O–H groups in total. The van der Waals surface area contributed by atoms with Crippen molar-refractivity contribution in [3.63, 3.8) is 0 Å². The molecular formula is C42H70BF2I2N15NbO8. The smallest absolute Gasteiger partial charge is 0 e. The summed E-state index contributed by atoms with van der Waals surface area (Å²) in [6.45, 7) is 6.05. The summed E-state index contributed by atoms with van der Waals surface area (Å²) in [5, 5.41) is 24.3. The number of rotatable bonds is 34. The average Bonchev–Trinajstić information content (AvgIpc) is 4.03. The number of hydrogen-bond donors (Lipinski definition) is 6. The van der Waals surface area contributed by atoms with Crippen LogP contribution in [0.3, 0.4) is 0 Å². The normalized spacial score (nSPS) is 12.4. The summed E-state index contributed by atoms with van der Waals surface area (Å²) < 4.78 is 53.9. The van der Waals surface area contributed by atoms with Gasteiger partial charge >= 0.3 is 200 Å². The van der Waals surface area contributed by atoms with Crippen LogP contribution in [0.25, 0.3) is 10.4 Å². The summed E-state index contributed by atoms with van der Waals surface area (Å²) in [5.74, 6) is 2.35. The maximum atomic E-state index is 12.6. The molecule has 0 bridgehead atoms. The Bertz CT molecular complexity index is 2020. The van der Waals surface area contributed by atoms with E-state index >= 15 is 0 Å². The molecule has 3 aromatic rings. The molecule has 0 aliphatic carbocycles. The van der Waals surface area contributed by atoms with Gasteiger partial charge in [-0.3, -0.25) is 4.79 Å². The Kier molecular flexibility index (Phi) is 45.1. The second kappa shape index (κ2) is 46.1. The number of amides is 2. The van der Waals surface area contributed by atoms with Crippen LogP contribution in [-0.2, 0) is 86.7 Å². The second-order valence-electron chi connectivity index (χ2n) is 14.6. The molecule has 71 heavy (non-hydrogen) atoms. The molecule has 3 radical (unpaired) electrons. The van der Waals surface area contributed by atoms with Gasteiger partial charge < -0.3 is 30.0 Å². The summed E-state index contributed by atoms with van der Waals surface area (Å²) in [5.41, 5.74) is 31.5. The Morgan fingerprint density at radius 2 is 1.45 bits per heavy atom. The number of ether oxygens (including phenoxy) is 4. The number of nitrogens with one attached hydrogen (secondary N) is 3. The maximum absolute atomic E-state index is 12.6. The minimum absolute atomic E-state index is 0. The third-order valence-corrected chi connectivity index (χ3v) is 12.5. The molecule has 2 aromatic heterocycles. The van der Waals surface area contributed by atoms with E-state index in [0.717, 1.165) is 57.4 Å². The van der Waals surface area contributed by atoms with Gasteiger partial charge in [-0.05, 0) is 24.8 Å². The summed E-state index contributed by atoms with van der Waals surface area (Å²) >= 11 is -7.07. The van der Waals surface area contributed by atoms with Crippen molar-refractivity contribution in [2.45, 2.75) is 102 Å². The van der Waals surface area contributed by atoms with E-state index in [1.54, 1.807) is 25.1 Å². The van der Waals surface area contributed by atoms with E-state index in [-0.39, 0.29) is 47.2 Å². The molecule has 0 fully saturated rings. The standard InChI is InChI=1S/C16H29FIN5O4.C12H21NO3.C10H12N4.C4H8BFIN5O.Nb/c1-26-9-10-27-8-4-2-3-5-15(24)20-11-13-12-23(22-21-13)7-6-14(19)16(25)18-17;1-3-8-13-12(14)7-5-4-6-9-16-11-10-15-2;11-6-10-8-14(13-12-10)7-9-4-2-1-3-5-9;5-7(6,9)4(13)3(8)1-2-11-12-10;/h12,14,18H,2-11,19H2,1H3,(H,20,24);1H,4-11H2,2H3,(H,13,14);1-5,8H,6-7,11H2;3,9H,1-2,8H2;. The molecule has 0 saturated carbocycles. The fraction of sp³-hybridized carbons (Fsp3) is 0.619. The zero-order chi connectivity index (χ0) is 52.3. The molecule has 3 atom stereocenters. The van der Waals surface area contributed by atoms with Crippen LogP contribution in [0.1, 0.15) is 81.2 Å². The number of hydrogen-bond acceptors (Lipinski definition) is 17. The fourth-order valence-corrected chi connectivity index (χ4v) is 7.29. The number of methoxy groups -OCH3 is 2. The van der Waals surface area contributed by atoms with Crippen molar-refractivity contribution in [1.29, 1.82) is 3.56 Å². The minimum Gasteiger partial charge on any atom is 0 e. The Morgan fingerprint density at radius 1 is 0.887 bits per heavy atom. The number of azide groups is 1. The van der Waals surface area contributed by atoms with Gasteiger partial charge in [0.15, 0.2) is 0 Å². The zero-order valence-corrected chi connectivity index (χ0v) is 47.1. The third-order valence-electron chi connectivity index (χ3n) is 8.89. The van der Waals surface area contributed by atoms with Gasteiger partial charge in [0.1, 0.15) is 0 Å².